The van der Waals surface area contributed by atoms with E-state index >= 15 is 0 Å². The van der Waals surface area contributed by atoms with Gasteiger partial charge in [0.1, 0.15) is 0 Å². The van der Waals surface area contributed by atoms with Gasteiger partial charge in [-0.15, -0.1) is 0 Å². The van der Waals surface area contributed by atoms with Crippen molar-refractivity contribution in [2.75, 3.05) is 23.5 Å². The summed E-state index contributed by atoms with van der Waals surface area (Å²) < 4.78 is 22.9. The molecule has 1 amide bonds. The molecule has 1 N–H and O–H groups in total. The van der Waals surface area contributed by atoms with Gasteiger partial charge in [-0.25, -0.2) is 13.8 Å². The van der Waals surface area contributed by atoms with Crippen LogP contribution >= 0.6 is 0 Å². The van der Waals surface area contributed by atoms with E-state index in [0.29, 0.717) is 6.42 Å². The maximum atomic E-state index is 11.9. The van der Waals surface area contributed by atoms with Crippen molar-refractivity contribution in [3.63, 3.8) is 0 Å². The number of para-hydroxylation sites is 1. The van der Waals surface area contributed by atoms with Crippen LogP contribution in [-0.2, 0) is 20.0 Å². The lowest BCUT2D eigenvalue weighted by Gasteiger charge is -2.23. The van der Waals surface area contributed by atoms with Crippen LogP contribution in [-0.4, -0.2) is 39.1 Å². The molecule has 1 fully saturated rings. The smallest absolute Gasteiger partial charge is 0.240 e. The normalized spacial score (nSPS) is 25.0. The van der Waals surface area contributed by atoms with Crippen LogP contribution in [0.15, 0.2) is 41.1 Å². The molecule has 3 rings (SSSR count). The van der Waals surface area contributed by atoms with Crippen LogP contribution in [0.2, 0.25) is 0 Å². The summed E-state index contributed by atoms with van der Waals surface area (Å²) in [6.45, 7) is 4.32. The third-order valence-corrected chi connectivity index (χ3v) is 7.07. The quantitative estimate of drug-likeness (QED) is 0.646. The number of hydrazone groups is 1. The molecular weight excluding hydrogens is 350 g/mol. The molecule has 1 saturated heterocycles. The molecule has 2 heterocycles. The molecule has 0 aliphatic carbocycles. The maximum Gasteiger partial charge on any atom is 0.240 e. The Morgan fingerprint density at radius 1 is 1.38 bits per heavy atom. The van der Waals surface area contributed by atoms with Gasteiger partial charge >= 0.3 is 0 Å². The van der Waals surface area contributed by atoms with Crippen molar-refractivity contribution < 1.29 is 13.2 Å². The Morgan fingerprint density at radius 3 is 2.77 bits per heavy atom. The van der Waals surface area contributed by atoms with Gasteiger partial charge in [-0.1, -0.05) is 32.0 Å². The van der Waals surface area contributed by atoms with Crippen molar-refractivity contribution in [3.8, 4) is 0 Å². The molecule has 26 heavy (non-hydrogen) atoms. The SMILES string of the molecule is CN1C(=CC=NNC(=O)CC2CCS(=O)(=O)C2)C(C)(C)c2ccccc21. The Kier molecular flexibility index (Phi) is 4.92. The zero-order chi connectivity index (χ0) is 18.9. The number of anilines is 1. The Bertz CT molecular complexity index is 872. The Hall–Kier alpha value is -2.15. The van der Waals surface area contributed by atoms with E-state index in [4.69, 9.17) is 0 Å². The van der Waals surface area contributed by atoms with E-state index in [1.54, 1.807) is 6.21 Å². The zero-order valence-corrected chi connectivity index (χ0v) is 16.2. The number of fused-ring (bicyclic) bond motifs is 1. The molecule has 7 heteroatoms. The highest BCUT2D eigenvalue weighted by molar-refractivity contribution is 7.91. The molecule has 2 aliphatic heterocycles. The van der Waals surface area contributed by atoms with Crippen LogP contribution < -0.4 is 10.3 Å². The van der Waals surface area contributed by atoms with E-state index in [9.17, 15) is 13.2 Å². The number of carbonyl (C=O) groups excluding carboxylic acids is 1. The molecule has 1 atom stereocenters. The second kappa shape index (κ2) is 6.87. The highest BCUT2D eigenvalue weighted by Crippen LogP contribution is 2.46. The van der Waals surface area contributed by atoms with Crippen molar-refractivity contribution in [1.29, 1.82) is 0 Å². The summed E-state index contributed by atoms with van der Waals surface area (Å²) in [4.78, 5) is 14.1. The number of likely N-dealkylation sites (N-methyl/N-ethyl adjacent to an activating group) is 1. The fraction of sp³-hybridized carbons (Fsp3) is 0.474. The molecule has 1 aromatic carbocycles. The van der Waals surface area contributed by atoms with E-state index in [1.807, 2.05) is 25.3 Å². The Labute approximate surface area is 154 Å². The number of rotatable bonds is 4. The van der Waals surface area contributed by atoms with Gasteiger partial charge in [0.05, 0.1) is 11.5 Å². The van der Waals surface area contributed by atoms with Crippen molar-refractivity contribution in [2.24, 2.45) is 11.0 Å². The number of hydrogen-bond donors (Lipinski definition) is 1. The van der Waals surface area contributed by atoms with Crippen LogP contribution in [0.3, 0.4) is 0 Å². The molecule has 6 nitrogen and oxygen atoms in total. The zero-order valence-electron chi connectivity index (χ0n) is 15.4. The molecule has 0 spiro atoms. The third kappa shape index (κ3) is 3.67. The summed E-state index contributed by atoms with van der Waals surface area (Å²) in [5.41, 5.74) is 5.88. The topological polar surface area (TPSA) is 78.8 Å². The number of allylic oxidation sites excluding steroid dienone is 2. The summed E-state index contributed by atoms with van der Waals surface area (Å²) in [6.07, 6.45) is 4.24. The number of sulfone groups is 1. The molecule has 1 unspecified atom stereocenters. The lowest BCUT2D eigenvalue weighted by atomic mass is 9.84. The van der Waals surface area contributed by atoms with E-state index in [0.717, 1.165) is 5.70 Å². The van der Waals surface area contributed by atoms with Gasteiger partial charge in [-0.2, -0.15) is 5.10 Å². The first-order valence-electron chi connectivity index (χ1n) is 8.77. The van der Waals surface area contributed by atoms with E-state index in [-0.39, 0.29) is 35.2 Å². The largest absolute Gasteiger partial charge is 0.347 e. The Balaban J connectivity index is 1.61. The number of nitrogens with one attached hydrogen (secondary N) is 1. The van der Waals surface area contributed by atoms with E-state index < -0.39 is 9.84 Å². The molecule has 0 bridgehead atoms. The van der Waals surface area contributed by atoms with Gasteiger partial charge in [0.25, 0.3) is 0 Å². The predicted molar refractivity (Wildman–Crippen MR) is 104 cm³/mol. The predicted octanol–water partition coefficient (Wildman–Crippen LogP) is 2.22. The summed E-state index contributed by atoms with van der Waals surface area (Å²) in [5.74, 6) is -0.0553. The molecule has 1 aromatic rings. The second-order valence-corrected chi connectivity index (χ2v) is 9.77. The lowest BCUT2D eigenvalue weighted by Crippen LogP contribution is -2.23. The van der Waals surface area contributed by atoms with Gasteiger partial charge in [0.15, 0.2) is 9.84 Å². The number of amides is 1. The highest BCUT2D eigenvalue weighted by atomic mass is 32.2. The summed E-state index contributed by atoms with van der Waals surface area (Å²) >= 11 is 0. The average Bonchev–Trinajstić information content (AvgIpc) is 3.00. The van der Waals surface area contributed by atoms with Crippen molar-refractivity contribution in [3.05, 3.63) is 41.6 Å². The molecular formula is C19H25N3O3S. The summed E-state index contributed by atoms with van der Waals surface area (Å²) in [7, 11) is -0.936. The molecule has 2 aliphatic rings. The summed E-state index contributed by atoms with van der Waals surface area (Å²) in [6, 6.07) is 8.27. The van der Waals surface area contributed by atoms with Crippen LogP contribution in [0.4, 0.5) is 5.69 Å². The number of nitrogens with zero attached hydrogens (tertiary/aromatic N) is 2. The monoisotopic (exact) mass is 375 g/mol. The van der Waals surface area contributed by atoms with Gasteiger partial charge in [0.2, 0.25) is 5.91 Å². The fourth-order valence-corrected chi connectivity index (χ4v) is 5.72. The van der Waals surface area contributed by atoms with Crippen LogP contribution in [0.1, 0.15) is 32.3 Å². The van der Waals surface area contributed by atoms with Crippen molar-refractivity contribution >= 4 is 27.6 Å². The summed E-state index contributed by atoms with van der Waals surface area (Å²) in [5, 5.41) is 4.00. The molecule has 0 aromatic heterocycles. The second-order valence-electron chi connectivity index (χ2n) is 7.54. The maximum absolute atomic E-state index is 11.9. The highest BCUT2D eigenvalue weighted by Gasteiger charge is 2.37. The number of benzene rings is 1. The third-order valence-electron chi connectivity index (χ3n) is 5.24. The average molecular weight is 375 g/mol. The van der Waals surface area contributed by atoms with Crippen molar-refractivity contribution in [1.82, 2.24) is 5.43 Å². The van der Waals surface area contributed by atoms with Crippen LogP contribution in [0.5, 0.6) is 0 Å². The van der Waals surface area contributed by atoms with Gasteiger partial charge < -0.3 is 4.90 Å². The standard InChI is InChI=1S/C19H25N3O3S/c1-19(2)15-6-4-5-7-16(15)22(3)17(19)8-10-20-21-18(23)12-14-9-11-26(24,25)13-14/h4-8,10,14H,9,11-13H2,1-3H3,(H,21,23). The first kappa shape index (κ1) is 18.6. The first-order chi connectivity index (χ1) is 12.2. The van der Waals surface area contributed by atoms with Gasteiger partial charge in [-0.05, 0) is 30.0 Å². The van der Waals surface area contributed by atoms with Gasteiger partial charge in [-0.3, -0.25) is 4.79 Å². The van der Waals surface area contributed by atoms with Gasteiger partial charge in [0, 0.05) is 36.5 Å². The van der Waals surface area contributed by atoms with E-state index in [2.05, 4.69) is 41.4 Å². The minimum absolute atomic E-state index is 0.0945. The molecule has 0 radical (unpaired) electrons. The minimum atomic E-state index is -2.96. The molecule has 0 saturated carbocycles. The minimum Gasteiger partial charge on any atom is -0.347 e. The van der Waals surface area contributed by atoms with Crippen LogP contribution in [0.25, 0.3) is 0 Å². The number of carbonyl (C=O) groups is 1. The molecule has 140 valence electrons. The lowest BCUT2D eigenvalue weighted by molar-refractivity contribution is -0.121. The Morgan fingerprint density at radius 2 is 2.12 bits per heavy atom. The fourth-order valence-electron chi connectivity index (χ4n) is 3.86. The number of hydrogen-bond acceptors (Lipinski definition) is 5. The van der Waals surface area contributed by atoms with Crippen molar-refractivity contribution in [2.45, 2.75) is 32.1 Å². The van der Waals surface area contributed by atoms with E-state index in [1.165, 1.54) is 11.3 Å². The first-order valence-corrected chi connectivity index (χ1v) is 10.6. The van der Waals surface area contributed by atoms with Crippen LogP contribution in [0, 0.1) is 5.92 Å².